The Morgan fingerprint density at radius 2 is 1.94 bits per heavy atom. The van der Waals surface area contributed by atoms with Crippen molar-refractivity contribution in [1.82, 2.24) is 20.6 Å². The van der Waals surface area contributed by atoms with Gasteiger partial charge in [0, 0.05) is 19.3 Å². The minimum atomic E-state index is -4.81. The first-order valence-electron chi connectivity index (χ1n) is 10.4. The number of carbonyl (C=O) groups excluding carboxylic acids is 1. The number of halogens is 4. The smallest absolute Gasteiger partial charge is 0.351 e. The number of alkyl halides is 3. The van der Waals surface area contributed by atoms with Gasteiger partial charge in [-0.05, 0) is 42.3 Å². The highest BCUT2D eigenvalue weighted by molar-refractivity contribution is 7.93. The van der Waals surface area contributed by atoms with Gasteiger partial charge in [-0.1, -0.05) is 11.6 Å². The molecule has 184 valence electrons. The molecule has 0 bridgehead atoms. The van der Waals surface area contributed by atoms with Crippen LogP contribution in [0.15, 0.2) is 28.6 Å². The molecule has 0 fully saturated rings. The summed E-state index contributed by atoms with van der Waals surface area (Å²) in [4.78, 5) is 20.1. The van der Waals surface area contributed by atoms with Gasteiger partial charge in [-0.15, -0.1) is 11.3 Å². The Bertz CT molecular complexity index is 1460. The van der Waals surface area contributed by atoms with Gasteiger partial charge < -0.3 is 16.0 Å². The lowest BCUT2D eigenvalue weighted by Gasteiger charge is -2.19. The second kappa shape index (κ2) is 8.73. The van der Waals surface area contributed by atoms with Crippen molar-refractivity contribution in [3.8, 4) is 10.6 Å². The van der Waals surface area contributed by atoms with Gasteiger partial charge in [-0.3, -0.25) is 4.79 Å². The summed E-state index contributed by atoms with van der Waals surface area (Å²) in [6.45, 7) is 1.37. The molecule has 35 heavy (non-hydrogen) atoms. The van der Waals surface area contributed by atoms with E-state index in [0.29, 0.717) is 34.8 Å². The number of thiophene rings is 1. The summed E-state index contributed by atoms with van der Waals surface area (Å²) in [6.07, 6.45) is -3.43. The third-order valence-electron chi connectivity index (χ3n) is 5.63. The first kappa shape index (κ1) is 24.0. The zero-order valence-electron chi connectivity index (χ0n) is 17.8. The molecule has 0 unspecified atom stereocenters. The highest BCUT2D eigenvalue weighted by atomic mass is 35.5. The van der Waals surface area contributed by atoms with E-state index in [1.165, 1.54) is 0 Å². The summed E-state index contributed by atoms with van der Waals surface area (Å²) in [5.41, 5.74) is 0.618. The van der Waals surface area contributed by atoms with Crippen molar-refractivity contribution >= 4 is 50.3 Å². The minimum absolute atomic E-state index is 0.0785. The molecule has 2 aliphatic heterocycles. The Morgan fingerprint density at radius 1 is 1.14 bits per heavy atom. The summed E-state index contributed by atoms with van der Waals surface area (Å²) in [5, 5.41) is 8.90. The second-order valence-corrected chi connectivity index (χ2v) is 11.8. The number of hydrogen-bond donors (Lipinski definition) is 3. The van der Waals surface area contributed by atoms with E-state index in [2.05, 4.69) is 25.9 Å². The molecule has 0 radical (unpaired) electrons. The van der Waals surface area contributed by atoms with E-state index in [1.807, 2.05) is 6.07 Å². The predicted octanol–water partition coefficient (Wildman–Crippen LogP) is 3.78. The lowest BCUT2D eigenvalue weighted by molar-refractivity contribution is -0.137. The van der Waals surface area contributed by atoms with Crippen LogP contribution in [0.1, 0.15) is 27.0 Å². The van der Waals surface area contributed by atoms with Crippen LogP contribution in [0, 0.1) is 0 Å². The van der Waals surface area contributed by atoms with Crippen LogP contribution in [-0.4, -0.2) is 43.1 Å². The molecule has 14 heteroatoms. The molecular formula is C21H17ClF3N5O3S2. The Kier molecular flexibility index (Phi) is 5.98. The number of fused-ring (bicyclic) bond motifs is 2. The molecular weight excluding hydrogens is 527 g/mol. The number of sulfone groups is 1. The van der Waals surface area contributed by atoms with Gasteiger partial charge in [0.15, 0.2) is 9.84 Å². The van der Waals surface area contributed by atoms with Crippen LogP contribution in [0.25, 0.3) is 10.6 Å². The predicted molar refractivity (Wildman–Crippen MR) is 125 cm³/mol. The van der Waals surface area contributed by atoms with Crippen molar-refractivity contribution in [2.24, 2.45) is 0 Å². The number of hydrogen-bond acceptors (Lipinski definition) is 8. The first-order chi connectivity index (χ1) is 16.5. The number of carbonyl (C=O) groups is 1. The molecule has 3 aromatic rings. The van der Waals surface area contributed by atoms with Crippen molar-refractivity contribution < 1.29 is 26.4 Å². The van der Waals surface area contributed by atoms with Crippen molar-refractivity contribution in [3.05, 3.63) is 51.7 Å². The lowest BCUT2D eigenvalue weighted by Crippen LogP contribution is -2.24. The monoisotopic (exact) mass is 543 g/mol. The van der Waals surface area contributed by atoms with Crippen molar-refractivity contribution in [2.45, 2.75) is 23.4 Å². The molecule has 0 saturated heterocycles. The molecule has 0 aliphatic carbocycles. The van der Waals surface area contributed by atoms with E-state index >= 15 is 0 Å². The topological polar surface area (TPSA) is 113 Å². The number of rotatable bonds is 3. The zero-order valence-corrected chi connectivity index (χ0v) is 20.2. The van der Waals surface area contributed by atoms with Gasteiger partial charge in [0.05, 0.1) is 32.6 Å². The summed E-state index contributed by atoms with van der Waals surface area (Å²) in [6, 6.07) is 4.71. The summed E-state index contributed by atoms with van der Waals surface area (Å²) in [5.74, 6) is -1.17. The standard InChI is InChI=1S/C21H17ClF3N5O3S2/c22-14-5-11-8-26-2-1-10(11)6-15(14)29-20-28-9-13(21(23,24)25)17(30-20)16-7-12-18(31)27-3-4-35(32,33)19(12)34-16/h5-7,9,26H,1-4,8H2,(H,27,31)(H,28,29,30). The van der Waals surface area contributed by atoms with Gasteiger partial charge in [0.2, 0.25) is 5.95 Å². The van der Waals surface area contributed by atoms with E-state index in [-0.39, 0.29) is 32.9 Å². The third-order valence-corrected chi connectivity index (χ3v) is 9.42. The summed E-state index contributed by atoms with van der Waals surface area (Å²) < 4.78 is 66.2. The third kappa shape index (κ3) is 4.60. The molecule has 1 amide bonds. The lowest BCUT2D eigenvalue weighted by atomic mass is 10.0. The molecule has 0 spiro atoms. The summed E-state index contributed by atoms with van der Waals surface area (Å²) in [7, 11) is -3.85. The average molecular weight is 544 g/mol. The number of anilines is 2. The van der Waals surface area contributed by atoms with Crippen LogP contribution in [-0.2, 0) is 29.0 Å². The largest absolute Gasteiger partial charge is 0.420 e. The molecule has 0 atom stereocenters. The average Bonchev–Trinajstić information content (AvgIpc) is 3.21. The van der Waals surface area contributed by atoms with Crippen LogP contribution >= 0.6 is 22.9 Å². The fourth-order valence-electron chi connectivity index (χ4n) is 3.92. The molecule has 4 heterocycles. The highest BCUT2D eigenvalue weighted by Crippen LogP contribution is 2.42. The first-order valence-corrected chi connectivity index (χ1v) is 13.3. The number of nitrogens with zero attached hydrogens (tertiary/aromatic N) is 2. The van der Waals surface area contributed by atoms with Crippen LogP contribution < -0.4 is 16.0 Å². The maximum absolute atomic E-state index is 13.8. The van der Waals surface area contributed by atoms with Gasteiger partial charge in [-0.2, -0.15) is 13.2 Å². The van der Waals surface area contributed by atoms with E-state index in [1.54, 1.807) is 6.07 Å². The Balaban J connectivity index is 1.60. The Labute approximate surface area is 206 Å². The minimum Gasteiger partial charge on any atom is -0.351 e. The van der Waals surface area contributed by atoms with Crippen molar-refractivity contribution in [1.29, 1.82) is 0 Å². The number of nitrogens with one attached hydrogen (secondary N) is 3. The maximum Gasteiger partial charge on any atom is 0.420 e. The number of benzene rings is 1. The molecule has 2 aromatic heterocycles. The molecule has 8 nitrogen and oxygen atoms in total. The quantitative estimate of drug-likeness (QED) is 0.461. The van der Waals surface area contributed by atoms with Crippen LogP contribution in [0.4, 0.5) is 24.8 Å². The van der Waals surface area contributed by atoms with Gasteiger partial charge in [-0.25, -0.2) is 18.4 Å². The highest BCUT2D eigenvalue weighted by Gasteiger charge is 2.37. The number of aromatic nitrogens is 2. The maximum atomic E-state index is 13.8. The Morgan fingerprint density at radius 3 is 2.71 bits per heavy atom. The van der Waals surface area contributed by atoms with Crippen LogP contribution in [0.2, 0.25) is 5.02 Å². The zero-order chi connectivity index (χ0) is 25.0. The second-order valence-electron chi connectivity index (χ2n) is 7.99. The Hall–Kier alpha value is -2.74. The molecule has 0 saturated carbocycles. The fourth-order valence-corrected chi connectivity index (χ4v) is 7.12. The molecule has 3 N–H and O–H groups in total. The number of amides is 1. The molecule has 1 aromatic carbocycles. The normalized spacial score (nSPS) is 17.2. The van der Waals surface area contributed by atoms with Gasteiger partial charge in [0.1, 0.15) is 9.77 Å². The van der Waals surface area contributed by atoms with E-state index < -0.39 is 33.2 Å². The van der Waals surface area contributed by atoms with Gasteiger partial charge in [0.25, 0.3) is 5.91 Å². The molecule has 2 aliphatic rings. The summed E-state index contributed by atoms with van der Waals surface area (Å²) >= 11 is 6.95. The van der Waals surface area contributed by atoms with Crippen molar-refractivity contribution in [3.63, 3.8) is 0 Å². The fraction of sp³-hybridized carbons (Fsp3) is 0.286. The van der Waals surface area contributed by atoms with Gasteiger partial charge >= 0.3 is 6.18 Å². The SMILES string of the molecule is O=C1NCCS(=O)(=O)c2sc(-c3nc(Nc4cc5c(cc4Cl)CNCC5)ncc3C(F)(F)F)cc21. The van der Waals surface area contributed by atoms with Crippen molar-refractivity contribution in [2.75, 3.05) is 24.2 Å². The van der Waals surface area contributed by atoms with E-state index in [4.69, 9.17) is 11.6 Å². The van der Waals surface area contributed by atoms with Crippen LogP contribution in [0.5, 0.6) is 0 Å². The van der Waals surface area contributed by atoms with E-state index in [9.17, 15) is 26.4 Å². The van der Waals surface area contributed by atoms with Crippen LogP contribution in [0.3, 0.4) is 0 Å². The van der Waals surface area contributed by atoms with E-state index in [0.717, 1.165) is 30.2 Å². The molecule has 5 rings (SSSR count).